The predicted octanol–water partition coefficient (Wildman–Crippen LogP) is 3.62. The van der Waals surface area contributed by atoms with Gasteiger partial charge >= 0.3 is 5.97 Å². The highest BCUT2D eigenvalue weighted by atomic mass is 16.5. The Morgan fingerprint density at radius 1 is 0.958 bits per heavy atom. The fraction of sp³-hybridized carbons (Fsp3) is 0.300. The first kappa shape index (κ1) is 17.7. The third-order valence-corrected chi connectivity index (χ3v) is 4.05. The van der Waals surface area contributed by atoms with Gasteiger partial charge < -0.3 is 9.64 Å². The number of hydrogen-bond acceptors (Lipinski definition) is 3. The second-order valence-electron chi connectivity index (χ2n) is 6.04. The van der Waals surface area contributed by atoms with E-state index in [1.807, 2.05) is 62.4 Å². The highest BCUT2D eigenvalue weighted by molar-refractivity contribution is 6.02. The van der Waals surface area contributed by atoms with Crippen LogP contribution in [0.5, 0.6) is 0 Å². The van der Waals surface area contributed by atoms with Crippen LogP contribution in [0.25, 0.3) is 11.1 Å². The van der Waals surface area contributed by atoms with Crippen molar-refractivity contribution in [3.8, 4) is 11.1 Å². The van der Waals surface area contributed by atoms with E-state index in [1.54, 1.807) is 13.1 Å². The number of esters is 1. The highest BCUT2D eigenvalue weighted by Gasteiger charge is 2.31. The molecule has 1 atom stereocenters. The molecule has 2 aromatic rings. The van der Waals surface area contributed by atoms with Gasteiger partial charge in [-0.3, -0.25) is 4.79 Å². The topological polar surface area (TPSA) is 46.6 Å². The number of carbonyl (C=O) groups excluding carboxylic acids is 2. The summed E-state index contributed by atoms with van der Waals surface area (Å²) in [6.45, 7) is 3.79. The highest BCUT2D eigenvalue weighted by Crippen LogP contribution is 2.25. The number of ether oxygens (including phenoxy) is 1. The monoisotopic (exact) mass is 325 g/mol. The molecule has 1 amide bonds. The second-order valence-corrected chi connectivity index (χ2v) is 6.04. The van der Waals surface area contributed by atoms with Crippen LogP contribution in [0.4, 0.5) is 0 Å². The van der Waals surface area contributed by atoms with Crippen LogP contribution in [0.2, 0.25) is 0 Å². The van der Waals surface area contributed by atoms with E-state index in [4.69, 9.17) is 4.74 Å². The summed E-state index contributed by atoms with van der Waals surface area (Å²) in [5.41, 5.74) is 2.39. The molecule has 0 aliphatic heterocycles. The minimum absolute atomic E-state index is 0.0460. The van der Waals surface area contributed by atoms with Crippen LogP contribution >= 0.6 is 0 Å². The number of hydrogen-bond donors (Lipinski definition) is 0. The molecule has 0 saturated heterocycles. The largest absolute Gasteiger partial charge is 0.467 e. The molecule has 0 bridgehead atoms. The number of benzene rings is 2. The molecular weight excluding hydrogens is 302 g/mol. The molecule has 0 aromatic heterocycles. The molecule has 0 spiro atoms. The Morgan fingerprint density at radius 3 is 2.12 bits per heavy atom. The Morgan fingerprint density at radius 2 is 1.54 bits per heavy atom. The zero-order chi connectivity index (χ0) is 17.7. The van der Waals surface area contributed by atoms with Gasteiger partial charge in [-0.15, -0.1) is 0 Å². The number of likely N-dealkylation sites (N-methyl/N-ethyl adjacent to an activating group) is 1. The van der Waals surface area contributed by atoms with E-state index in [1.165, 1.54) is 12.0 Å². The Kier molecular flexibility index (Phi) is 5.74. The van der Waals surface area contributed by atoms with Crippen LogP contribution < -0.4 is 0 Å². The van der Waals surface area contributed by atoms with Crippen molar-refractivity contribution in [2.75, 3.05) is 14.2 Å². The molecule has 0 saturated carbocycles. The molecule has 24 heavy (non-hydrogen) atoms. The van der Waals surface area contributed by atoms with Gasteiger partial charge in [0.1, 0.15) is 6.04 Å². The maximum absolute atomic E-state index is 13.0. The van der Waals surface area contributed by atoms with Crippen molar-refractivity contribution in [1.82, 2.24) is 4.90 Å². The molecular formula is C20H23NO3. The lowest BCUT2D eigenvalue weighted by atomic mass is 9.97. The number of rotatable bonds is 5. The van der Waals surface area contributed by atoms with E-state index < -0.39 is 12.0 Å². The van der Waals surface area contributed by atoms with Gasteiger partial charge in [-0.1, -0.05) is 62.4 Å². The van der Waals surface area contributed by atoms with Gasteiger partial charge in [0.15, 0.2) is 0 Å². The summed E-state index contributed by atoms with van der Waals surface area (Å²) >= 11 is 0. The van der Waals surface area contributed by atoms with Gasteiger partial charge in [0, 0.05) is 12.6 Å². The standard InChI is InChI=1S/C20H23NO3/c1-14(2)18(20(23)24-4)21(3)19(22)17-13-9-8-12-16(17)15-10-6-5-7-11-15/h5-14,18H,1-4H3. The molecule has 4 heteroatoms. The lowest BCUT2D eigenvalue weighted by Gasteiger charge is -2.29. The zero-order valence-electron chi connectivity index (χ0n) is 14.5. The molecule has 0 fully saturated rings. The van der Waals surface area contributed by atoms with E-state index in [0.717, 1.165) is 11.1 Å². The number of nitrogens with zero attached hydrogens (tertiary/aromatic N) is 1. The lowest BCUT2D eigenvalue weighted by molar-refractivity contribution is -0.147. The van der Waals surface area contributed by atoms with Crippen LogP contribution in [0.3, 0.4) is 0 Å². The Bertz CT molecular complexity index is 710. The van der Waals surface area contributed by atoms with Crippen molar-refractivity contribution >= 4 is 11.9 Å². The molecule has 1 unspecified atom stereocenters. The molecule has 2 aromatic carbocycles. The summed E-state index contributed by atoms with van der Waals surface area (Å²) in [7, 11) is 2.99. The van der Waals surface area contributed by atoms with Gasteiger partial charge in [0.2, 0.25) is 0 Å². The van der Waals surface area contributed by atoms with E-state index in [0.29, 0.717) is 5.56 Å². The number of carbonyl (C=O) groups is 2. The molecule has 126 valence electrons. The van der Waals surface area contributed by atoms with Crippen molar-refractivity contribution in [2.45, 2.75) is 19.9 Å². The molecule has 4 nitrogen and oxygen atoms in total. The summed E-state index contributed by atoms with van der Waals surface area (Å²) in [6, 6.07) is 16.6. The summed E-state index contributed by atoms with van der Waals surface area (Å²) in [4.78, 5) is 26.6. The van der Waals surface area contributed by atoms with Crippen LogP contribution in [-0.2, 0) is 9.53 Å². The number of amides is 1. The predicted molar refractivity (Wildman–Crippen MR) is 94.6 cm³/mol. The molecule has 0 aliphatic rings. The van der Waals surface area contributed by atoms with Crippen LogP contribution in [0.1, 0.15) is 24.2 Å². The summed E-state index contributed by atoms with van der Waals surface area (Å²) in [5, 5.41) is 0. The summed E-state index contributed by atoms with van der Waals surface area (Å²) in [5.74, 6) is -0.646. The van der Waals surface area contributed by atoms with E-state index in [-0.39, 0.29) is 11.8 Å². The minimum atomic E-state index is -0.619. The fourth-order valence-corrected chi connectivity index (χ4v) is 2.85. The first-order valence-electron chi connectivity index (χ1n) is 7.96. The smallest absolute Gasteiger partial charge is 0.328 e. The first-order valence-corrected chi connectivity index (χ1v) is 7.96. The average molecular weight is 325 g/mol. The molecule has 0 heterocycles. The summed E-state index contributed by atoms with van der Waals surface area (Å²) < 4.78 is 4.86. The quantitative estimate of drug-likeness (QED) is 0.789. The van der Waals surface area contributed by atoms with Crippen LogP contribution in [0.15, 0.2) is 54.6 Å². The maximum atomic E-state index is 13.0. The van der Waals surface area contributed by atoms with Crippen molar-refractivity contribution in [3.05, 3.63) is 60.2 Å². The van der Waals surface area contributed by atoms with Crippen LogP contribution in [0, 0.1) is 5.92 Å². The van der Waals surface area contributed by atoms with Crippen LogP contribution in [-0.4, -0.2) is 37.0 Å². The van der Waals surface area contributed by atoms with E-state index >= 15 is 0 Å². The van der Waals surface area contributed by atoms with Gasteiger partial charge in [-0.25, -0.2) is 4.79 Å². The van der Waals surface area contributed by atoms with Crippen molar-refractivity contribution in [2.24, 2.45) is 5.92 Å². The molecule has 0 aliphatic carbocycles. The molecule has 0 N–H and O–H groups in total. The maximum Gasteiger partial charge on any atom is 0.328 e. The van der Waals surface area contributed by atoms with Crippen molar-refractivity contribution in [3.63, 3.8) is 0 Å². The fourth-order valence-electron chi connectivity index (χ4n) is 2.85. The third-order valence-electron chi connectivity index (χ3n) is 4.05. The molecule has 0 radical (unpaired) electrons. The van der Waals surface area contributed by atoms with Gasteiger partial charge in [-0.2, -0.15) is 0 Å². The minimum Gasteiger partial charge on any atom is -0.467 e. The average Bonchev–Trinajstić information content (AvgIpc) is 2.61. The van der Waals surface area contributed by atoms with Gasteiger partial charge in [-0.05, 0) is 23.1 Å². The second kappa shape index (κ2) is 7.77. The van der Waals surface area contributed by atoms with E-state index in [2.05, 4.69) is 0 Å². The normalized spacial score (nSPS) is 11.9. The lowest BCUT2D eigenvalue weighted by Crippen LogP contribution is -2.46. The van der Waals surface area contributed by atoms with Gasteiger partial charge in [0.25, 0.3) is 5.91 Å². The van der Waals surface area contributed by atoms with Crippen molar-refractivity contribution < 1.29 is 14.3 Å². The SMILES string of the molecule is COC(=O)C(C(C)C)N(C)C(=O)c1ccccc1-c1ccccc1. The number of methoxy groups -OCH3 is 1. The van der Waals surface area contributed by atoms with Gasteiger partial charge in [0.05, 0.1) is 7.11 Å². The first-order chi connectivity index (χ1) is 11.5. The summed E-state index contributed by atoms with van der Waals surface area (Å²) in [6.07, 6.45) is 0. The van der Waals surface area contributed by atoms with Crippen molar-refractivity contribution in [1.29, 1.82) is 0 Å². The zero-order valence-corrected chi connectivity index (χ0v) is 14.5. The molecule has 2 rings (SSSR count). The van der Waals surface area contributed by atoms with E-state index in [9.17, 15) is 9.59 Å². The Balaban J connectivity index is 2.41. The third kappa shape index (κ3) is 3.65. The Labute approximate surface area is 143 Å². The Hall–Kier alpha value is -2.62.